The smallest absolute Gasteiger partial charge is 0.269 e. The van der Waals surface area contributed by atoms with Gasteiger partial charge in [-0.1, -0.05) is 0 Å². The van der Waals surface area contributed by atoms with Crippen molar-refractivity contribution in [1.29, 1.82) is 0 Å². The van der Waals surface area contributed by atoms with E-state index in [4.69, 9.17) is 9.47 Å². The molecule has 0 heterocycles. The molecule has 0 radical (unpaired) electrons. The largest absolute Gasteiger partial charge is 0.497 e. The number of aryl methyl sites for hydroxylation is 1. The Morgan fingerprint density at radius 3 is 2.50 bits per heavy atom. The Balaban J connectivity index is 2.15. The Kier molecular flexibility index (Phi) is 4.83. The van der Waals surface area contributed by atoms with Crippen LogP contribution in [0.4, 0.5) is 11.4 Å². The van der Waals surface area contributed by atoms with E-state index in [1.54, 1.807) is 26.4 Å². The number of nitro groups is 1. The van der Waals surface area contributed by atoms with E-state index >= 15 is 0 Å². The van der Waals surface area contributed by atoms with Crippen molar-refractivity contribution < 1.29 is 14.4 Å². The van der Waals surface area contributed by atoms with E-state index in [1.165, 1.54) is 6.07 Å². The summed E-state index contributed by atoms with van der Waals surface area (Å²) in [5.41, 5.74) is 2.73. The van der Waals surface area contributed by atoms with Crippen LogP contribution in [-0.4, -0.2) is 19.1 Å². The first-order valence-corrected chi connectivity index (χ1v) is 6.75. The van der Waals surface area contributed by atoms with Crippen molar-refractivity contribution in [1.82, 2.24) is 0 Å². The predicted octanol–water partition coefficient (Wildman–Crippen LogP) is 3.53. The molecule has 0 spiro atoms. The van der Waals surface area contributed by atoms with E-state index in [0.717, 1.165) is 28.3 Å². The third-order valence-electron chi connectivity index (χ3n) is 3.38. The quantitative estimate of drug-likeness (QED) is 0.652. The number of nitro benzene ring substituents is 1. The molecule has 0 aliphatic heterocycles. The molecule has 2 aromatic rings. The molecule has 0 atom stereocenters. The molecule has 2 rings (SSSR count). The molecular formula is C16H18N2O4. The lowest BCUT2D eigenvalue weighted by atomic mass is 10.1. The lowest BCUT2D eigenvalue weighted by Crippen LogP contribution is -2.03. The maximum absolute atomic E-state index is 10.7. The topological polar surface area (TPSA) is 73.6 Å². The minimum Gasteiger partial charge on any atom is -0.497 e. The maximum Gasteiger partial charge on any atom is 0.269 e. The molecule has 0 saturated carbocycles. The number of ether oxygens (including phenoxy) is 2. The molecule has 0 aliphatic carbocycles. The van der Waals surface area contributed by atoms with Crippen molar-refractivity contribution in [3.05, 3.63) is 57.6 Å². The van der Waals surface area contributed by atoms with Gasteiger partial charge >= 0.3 is 0 Å². The third kappa shape index (κ3) is 3.46. The molecular weight excluding hydrogens is 284 g/mol. The lowest BCUT2D eigenvalue weighted by molar-refractivity contribution is -0.384. The summed E-state index contributed by atoms with van der Waals surface area (Å²) in [6, 6.07) is 10.4. The normalized spacial score (nSPS) is 10.1. The van der Waals surface area contributed by atoms with Crippen molar-refractivity contribution >= 4 is 11.4 Å². The van der Waals surface area contributed by atoms with Crippen LogP contribution < -0.4 is 14.8 Å². The van der Waals surface area contributed by atoms with Gasteiger partial charge in [-0.15, -0.1) is 0 Å². The number of anilines is 1. The molecule has 116 valence electrons. The zero-order valence-corrected chi connectivity index (χ0v) is 12.8. The first-order valence-electron chi connectivity index (χ1n) is 6.75. The number of hydrogen-bond acceptors (Lipinski definition) is 5. The molecule has 0 aromatic heterocycles. The van der Waals surface area contributed by atoms with Crippen LogP contribution in [0.5, 0.6) is 11.5 Å². The highest BCUT2D eigenvalue weighted by molar-refractivity contribution is 5.56. The van der Waals surface area contributed by atoms with E-state index in [2.05, 4.69) is 5.32 Å². The van der Waals surface area contributed by atoms with Crippen LogP contribution in [0.1, 0.15) is 11.1 Å². The van der Waals surface area contributed by atoms with Crippen molar-refractivity contribution in [2.45, 2.75) is 13.5 Å². The Labute approximate surface area is 128 Å². The molecule has 6 heteroatoms. The van der Waals surface area contributed by atoms with Gasteiger partial charge in [0.1, 0.15) is 11.5 Å². The van der Waals surface area contributed by atoms with Gasteiger partial charge in [-0.3, -0.25) is 10.1 Å². The average Bonchev–Trinajstić information content (AvgIpc) is 2.53. The fourth-order valence-electron chi connectivity index (χ4n) is 2.15. The number of hydrogen-bond donors (Lipinski definition) is 1. The van der Waals surface area contributed by atoms with Gasteiger partial charge in [0.25, 0.3) is 5.69 Å². The molecule has 0 fully saturated rings. The van der Waals surface area contributed by atoms with Gasteiger partial charge in [0.2, 0.25) is 0 Å². The molecule has 0 amide bonds. The summed E-state index contributed by atoms with van der Waals surface area (Å²) in [6.07, 6.45) is 0. The van der Waals surface area contributed by atoms with Crippen LogP contribution in [0.15, 0.2) is 36.4 Å². The maximum atomic E-state index is 10.7. The summed E-state index contributed by atoms with van der Waals surface area (Å²) in [5.74, 6) is 1.46. The number of non-ortho nitro benzene ring substituents is 1. The number of methoxy groups -OCH3 is 2. The van der Waals surface area contributed by atoms with Gasteiger partial charge in [-0.2, -0.15) is 0 Å². The van der Waals surface area contributed by atoms with Crippen LogP contribution in [0.25, 0.3) is 0 Å². The summed E-state index contributed by atoms with van der Waals surface area (Å²) in [4.78, 5) is 10.3. The summed E-state index contributed by atoms with van der Waals surface area (Å²) < 4.78 is 10.5. The average molecular weight is 302 g/mol. The van der Waals surface area contributed by atoms with E-state index in [1.807, 2.05) is 25.1 Å². The van der Waals surface area contributed by atoms with Crippen LogP contribution >= 0.6 is 0 Å². The van der Waals surface area contributed by atoms with Crippen molar-refractivity contribution in [3.8, 4) is 11.5 Å². The fourth-order valence-corrected chi connectivity index (χ4v) is 2.15. The second kappa shape index (κ2) is 6.80. The fraction of sp³-hybridized carbons (Fsp3) is 0.250. The second-order valence-corrected chi connectivity index (χ2v) is 4.79. The number of benzene rings is 2. The van der Waals surface area contributed by atoms with Crippen molar-refractivity contribution in [3.63, 3.8) is 0 Å². The molecule has 0 aliphatic rings. The van der Waals surface area contributed by atoms with Crippen molar-refractivity contribution in [2.24, 2.45) is 0 Å². The van der Waals surface area contributed by atoms with Crippen molar-refractivity contribution in [2.75, 3.05) is 19.5 Å². The number of nitrogens with one attached hydrogen (secondary N) is 1. The van der Waals surface area contributed by atoms with E-state index in [-0.39, 0.29) is 5.69 Å². The standard InChI is InChI=1S/C16H18N2O4/c1-11-8-13(18(19)20)5-7-15(11)17-10-12-4-6-14(21-2)9-16(12)22-3/h4-9,17H,10H2,1-3H3. The zero-order valence-electron chi connectivity index (χ0n) is 12.8. The van der Waals surface area contributed by atoms with E-state index < -0.39 is 4.92 Å². The highest BCUT2D eigenvalue weighted by Crippen LogP contribution is 2.26. The minimum absolute atomic E-state index is 0.0880. The number of rotatable bonds is 6. The molecule has 22 heavy (non-hydrogen) atoms. The monoisotopic (exact) mass is 302 g/mol. The molecule has 0 unspecified atom stereocenters. The minimum atomic E-state index is -0.400. The Morgan fingerprint density at radius 1 is 1.14 bits per heavy atom. The van der Waals surface area contributed by atoms with Crippen LogP contribution in [-0.2, 0) is 6.54 Å². The van der Waals surface area contributed by atoms with Gasteiger partial charge in [-0.25, -0.2) is 0 Å². The Hall–Kier alpha value is -2.76. The first-order chi connectivity index (χ1) is 10.5. The first kappa shape index (κ1) is 15.6. The highest BCUT2D eigenvalue weighted by Gasteiger charge is 2.09. The summed E-state index contributed by atoms with van der Waals surface area (Å²) in [6.45, 7) is 2.38. The van der Waals surface area contributed by atoms with Gasteiger partial charge in [0.15, 0.2) is 0 Å². The van der Waals surface area contributed by atoms with Crippen LogP contribution in [0.2, 0.25) is 0 Å². The SMILES string of the molecule is COc1ccc(CNc2ccc([N+](=O)[O-])cc2C)c(OC)c1. The summed E-state index contributed by atoms with van der Waals surface area (Å²) >= 11 is 0. The van der Waals surface area contributed by atoms with Gasteiger partial charge < -0.3 is 14.8 Å². The van der Waals surface area contributed by atoms with Crippen LogP contribution in [0, 0.1) is 17.0 Å². The molecule has 6 nitrogen and oxygen atoms in total. The Bertz CT molecular complexity index is 686. The van der Waals surface area contributed by atoms with Gasteiger partial charge in [-0.05, 0) is 30.7 Å². The van der Waals surface area contributed by atoms with E-state index in [0.29, 0.717) is 6.54 Å². The summed E-state index contributed by atoms with van der Waals surface area (Å²) in [7, 11) is 3.21. The van der Waals surface area contributed by atoms with Gasteiger partial charge in [0.05, 0.1) is 19.1 Å². The van der Waals surface area contributed by atoms with E-state index in [9.17, 15) is 10.1 Å². The molecule has 0 saturated heterocycles. The second-order valence-electron chi connectivity index (χ2n) is 4.79. The van der Waals surface area contributed by atoms with Crippen LogP contribution in [0.3, 0.4) is 0 Å². The molecule has 2 aromatic carbocycles. The zero-order chi connectivity index (χ0) is 16.1. The lowest BCUT2D eigenvalue weighted by Gasteiger charge is -2.13. The third-order valence-corrected chi connectivity index (χ3v) is 3.38. The molecule has 0 bridgehead atoms. The predicted molar refractivity (Wildman–Crippen MR) is 84.7 cm³/mol. The molecule has 1 N–H and O–H groups in total. The summed E-state index contributed by atoms with van der Waals surface area (Å²) in [5, 5.41) is 14.0. The highest BCUT2D eigenvalue weighted by atomic mass is 16.6. The van der Waals surface area contributed by atoms with Gasteiger partial charge in [0, 0.05) is 36.0 Å². The number of nitrogens with zero attached hydrogens (tertiary/aromatic N) is 1. The Morgan fingerprint density at radius 2 is 1.91 bits per heavy atom.